The molecule has 1 aliphatic rings. The van der Waals surface area contributed by atoms with Crippen molar-refractivity contribution < 1.29 is 19.4 Å². The van der Waals surface area contributed by atoms with Gasteiger partial charge in [0.15, 0.2) is 0 Å². The second kappa shape index (κ2) is 10.9. The number of rotatable bonds is 10. The zero-order valence-corrected chi connectivity index (χ0v) is 14.9. The molecule has 1 heterocycles. The fourth-order valence-electron chi connectivity index (χ4n) is 3.32. The standard InChI is InChI=1S/C20H29NO4/c22-19(21-14-5-4-9-18(21)11-12-20(23)24)10-6-15-25-16-13-17-7-2-1-3-8-17/h1-3,7-8,18H,4-6,9-16H2,(H,23,24). The SMILES string of the molecule is O=C(O)CCC1CCCCN1C(=O)CCCOCCc1ccccc1. The molecule has 1 N–H and O–H groups in total. The van der Waals surface area contributed by atoms with E-state index < -0.39 is 5.97 Å². The smallest absolute Gasteiger partial charge is 0.303 e. The van der Waals surface area contributed by atoms with Crippen molar-refractivity contribution in [1.82, 2.24) is 4.90 Å². The molecule has 1 fully saturated rings. The summed E-state index contributed by atoms with van der Waals surface area (Å²) >= 11 is 0. The number of nitrogens with zero attached hydrogens (tertiary/aromatic N) is 1. The van der Waals surface area contributed by atoms with Gasteiger partial charge in [-0.1, -0.05) is 30.3 Å². The quantitative estimate of drug-likeness (QED) is 0.660. The van der Waals surface area contributed by atoms with E-state index in [1.807, 2.05) is 23.1 Å². The van der Waals surface area contributed by atoms with E-state index in [9.17, 15) is 9.59 Å². The molecule has 0 spiro atoms. The number of aliphatic carboxylic acids is 1. The van der Waals surface area contributed by atoms with E-state index in [2.05, 4.69) is 12.1 Å². The Morgan fingerprint density at radius 3 is 2.68 bits per heavy atom. The maximum Gasteiger partial charge on any atom is 0.303 e. The number of likely N-dealkylation sites (tertiary alicyclic amines) is 1. The van der Waals surface area contributed by atoms with Crippen LogP contribution < -0.4 is 0 Å². The summed E-state index contributed by atoms with van der Waals surface area (Å²) < 4.78 is 5.63. The van der Waals surface area contributed by atoms with Crippen LogP contribution in [0.3, 0.4) is 0 Å². The van der Waals surface area contributed by atoms with Crippen molar-refractivity contribution in [3.05, 3.63) is 35.9 Å². The Morgan fingerprint density at radius 1 is 1.12 bits per heavy atom. The second-order valence-electron chi connectivity index (χ2n) is 6.62. The van der Waals surface area contributed by atoms with E-state index in [0.29, 0.717) is 26.1 Å². The van der Waals surface area contributed by atoms with Gasteiger partial charge in [0.05, 0.1) is 6.61 Å². The third kappa shape index (κ3) is 7.26. The molecule has 25 heavy (non-hydrogen) atoms. The molecule has 1 aromatic carbocycles. The van der Waals surface area contributed by atoms with E-state index >= 15 is 0 Å². The summed E-state index contributed by atoms with van der Waals surface area (Å²) in [6, 6.07) is 10.3. The minimum absolute atomic E-state index is 0.0938. The number of carbonyl (C=O) groups is 2. The van der Waals surface area contributed by atoms with Crippen molar-refractivity contribution in [2.45, 2.75) is 57.4 Å². The van der Waals surface area contributed by atoms with Crippen LogP contribution >= 0.6 is 0 Å². The predicted octanol–water partition coefficient (Wildman–Crippen LogP) is 3.27. The van der Waals surface area contributed by atoms with Crippen molar-refractivity contribution in [1.29, 1.82) is 0 Å². The first kappa shape index (κ1) is 19.4. The molecule has 0 radical (unpaired) electrons. The van der Waals surface area contributed by atoms with Crippen LogP contribution in [0, 0.1) is 0 Å². The number of carbonyl (C=O) groups excluding carboxylic acids is 1. The highest BCUT2D eigenvalue weighted by molar-refractivity contribution is 5.76. The van der Waals surface area contributed by atoms with Crippen molar-refractivity contribution >= 4 is 11.9 Å². The monoisotopic (exact) mass is 347 g/mol. The highest BCUT2D eigenvalue weighted by atomic mass is 16.5. The van der Waals surface area contributed by atoms with Gasteiger partial charge in [0.25, 0.3) is 0 Å². The van der Waals surface area contributed by atoms with Crippen LogP contribution in [0.2, 0.25) is 0 Å². The largest absolute Gasteiger partial charge is 0.481 e. The number of piperidine rings is 1. The van der Waals surface area contributed by atoms with Crippen LogP contribution in [0.5, 0.6) is 0 Å². The van der Waals surface area contributed by atoms with Gasteiger partial charge < -0.3 is 14.7 Å². The number of carboxylic acids is 1. The lowest BCUT2D eigenvalue weighted by molar-refractivity contribution is -0.140. The maximum atomic E-state index is 12.4. The zero-order chi connectivity index (χ0) is 17.9. The van der Waals surface area contributed by atoms with Crippen LogP contribution in [0.25, 0.3) is 0 Å². The minimum Gasteiger partial charge on any atom is -0.481 e. The molecular weight excluding hydrogens is 318 g/mol. The third-order valence-electron chi connectivity index (χ3n) is 4.70. The summed E-state index contributed by atoms with van der Waals surface area (Å²) in [4.78, 5) is 25.1. The van der Waals surface area contributed by atoms with Crippen LogP contribution in [-0.2, 0) is 20.7 Å². The first-order chi connectivity index (χ1) is 12.2. The minimum atomic E-state index is -0.787. The van der Waals surface area contributed by atoms with E-state index in [1.54, 1.807) is 0 Å². The van der Waals surface area contributed by atoms with Crippen LogP contribution in [0.1, 0.15) is 50.5 Å². The molecule has 1 unspecified atom stereocenters. The van der Waals surface area contributed by atoms with Crippen LogP contribution in [0.15, 0.2) is 30.3 Å². The van der Waals surface area contributed by atoms with E-state index in [1.165, 1.54) is 5.56 Å². The normalized spacial score (nSPS) is 17.4. The van der Waals surface area contributed by atoms with Gasteiger partial charge in [0.1, 0.15) is 0 Å². The molecular formula is C20H29NO4. The molecule has 1 aromatic rings. The molecule has 1 saturated heterocycles. The average molecular weight is 347 g/mol. The van der Waals surface area contributed by atoms with E-state index in [-0.39, 0.29) is 18.4 Å². The van der Waals surface area contributed by atoms with Gasteiger partial charge >= 0.3 is 5.97 Å². The Morgan fingerprint density at radius 2 is 1.92 bits per heavy atom. The van der Waals surface area contributed by atoms with Crippen LogP contribution in [0.4, 0.5) is 0 Å². The molecule has 0 aromatic heterocycles. The number of ether oxygens (including phenoxy) is 1. The number of carboxylic acid groups (broad SMARTS) is 1. The van der Waals surface area contributed by atoms with Gasteiger partial charge in [-0.15, -0.1) is 0 Å². The lowest BCUT2D eigenvalue weighted by Gasteiger charge is -2.35. The number of hydrogen-bond acceptors (Lipinski definition) is 3. The Hall–Kier alpha value is -1.88. The molecule has 1 atom stereocenters. The topological polar surface area (TPSA) is 66.8 Å². The fraction of sp³-hybridized carbons (Fsp3) is 0.600. The van der Waals surface area contributed by atoms with Crippen molar-refractivity contribution in [3.8, 4) is 0 Å². The molecule has 2 rings (SSSR count). The molecule has 5 nitrogen and oxygen atoms in total. The molecule has 1 aliphatic heterocycles. The third-order valence-corrected chi connectivity index (χ3v) is 4.70. The molecule has 0 saturated carbocycles. The van der Waals surface area contributed by atoms with Gasteiger partial charge in [-0.2, -0.15) is 0 Å². The number of benzene rings is 1. The predicted molar refractivity (Wildman–Crippen MR) is 96.4 cm³/mol. The highest BCUT2D eigenvalue weighted by Gasteiger charge is 2.26. The van der Waals surface area contributed by atoms with Gasteiger partial charge in [-0.25, -0.2) is 0 Å². The zero-order valence-electron chi connectivity index (χ0n) is 14.9. The van der Waals surface area contributed by atoms with Crippen LogP contribution in [-0.4, -0.2) is 47.7 Å². The molecule has 0 aliphatic carbocycles. The summed E-state index contributed by atoms with van der Waals surface area (Å²) in [5, 5.41) is 8.86. The lowest BCUT2D eigenvalue weighted by Crippen LogP contribution is -2.43. The average Bonchev–Trinajstić information content (AvgIpc) is 2.63. The van der Waals surface area contributed by atoms with Gasteiger partial charge in [0, 0.05) is 32.0 Å². The first-order valence-corrected chi connectivity index (χ1v) is 9.30. The highest BCUT2D eigenvalue weighted by Crippen LogP contribution is 2.22. The van der Waals surface area contributed by atoms with E-state index in [0.717, 1.165) is 38.6 Å². The lowest BCUT2D eigenvalue weighted by atomic mass is 9.97. The molecule has 5 heteroatoms. The second-order valence-corrected chi connectivity index (χ2v) is 6.62. The maximum absolute atomic E-state index is 12.4. The first-order valence-electron chi connectivity index (χ1n) is 9.30. The number of amides is 1. The Balaban J connectivity index is 1.62. The summed E-state index contributed by atoms with van der Waals surface area (Å²) in [5.41, 5.74) is 1.26. The Labute approximate surface area is 150 Å². The van der Waals surface area contributed by atoms with Crippen molar-refractivity contribution in [2.24, 2.45) is 0 Å². The molecule has 138 valence electrons. The van der Waals surface area contributed by atoms with Crippen molar-refractivity contribution in [3.63, 3.8) is 0 Å². The van der Waals surface area contributed by atoms with Gasteiger partial charge in [-0.3, -0.25) is 9.59 Å². The fourth-order valence-corrected chi connectivity index (χ4v) is 3.32. The van der Waals surface area contributed by atoms with Crippen molar-refractivity contribution in [2.75, 3.05) is 19.8 Å². The Kier molecular flexibility index (Phi) is 8.46. The number of hydrogen-bond donors (Lipinski definition) is 1. The Bertz CT molecular complexity index is 532. The van der Waals surface area contributed by atoms with E-state index in [4.69, 9.17) is 9.84 Å². The van der Waals surface area contributed by atoms with Gasteiger partial charge in [0.2, 0.25) is 5.91 Å². The van der Waals surface area contributed by atoms with Gasteiger partial charge in [-0.05, 0) is 44.1 Å². The summed E-state index contributed by atoms with van der Waals surface area (Å²) in [6.07, 6.45) is 5.81. The summed E-state index contributed by atoms with van der Waals surface area (Å²) in [5.74, 6) is -0.647. The summed E-state index contributed by atoms with van der Waals surface area (Å²) in [7, 11) is 0. The molecule has 1 amide bonds. The molecule has 0 bridgehead atoms. The summed E-state index contributed by atoms with van der Waals surface area (Å²) in [6.45, 7) is 2.02.